The fourth-order valence-electron chi connectivity index (χ4n) is 1.86. The predicted molar refractivity (Wildman–Crippen MR) is 72.5 cm³/mol. The first-order valence-corrected chi connectivity index (χ1v) is 7.04. The summed E-state index contributed by atoms with van der Waals surface area (Å²) < 4.78 is 37.5. The van der Waals surface area contributed by atoms with E-state index in [2.05, 4.69) is 4.98 Å². The zero-order valence-electron chi connectivity index (χ0n) is 10.9. The lowest BCUT2D eigenvalue weighted by atomic mass is 10.1. The van der Waals surface area contributed by atoms with Crippen LogP contribution in [0.1, 0.15) is 29.5 Å². The van der Waals surface area contributed by atoms with Crippen molar-refractivity contribution in [2.45, 2.75) is 32.5 Å². The maximum atomic E-state index is 12.5. The standard InChI is InChI=1S/C14H14F3NOS/c1-2-3-11-12(8-19)20-13(18-11)9-4-6-10(7-5-9)14(15,16)17/h4-7,19H,2-3,8H2,1H3. The van der Waals surface area contributed by atoms with E-state index >= 15 is 0 Å². The van der Waals surface area contributed by atoms with Crippen molar-refractivity contribution in [3.05, 3.63) is 40.4 Å². The van der Waals surface area contributed by atoms with Crippen LogP contribution in [0, 0.1) is 0 Å². The summed E-state index contributed by atoms with van der Waals surface area (Å²) in [6.45, 7) is 1.92. The van der Waals surface area contributed by atoms with Gasteiger partial charge < -0.3 is 5.11 Å². The van der Waals surface area contributed by atoms with Gasteiger partial charge in [-0.25, -0.2) is 4.98 Å². The molecule has 2 nitrogen and oxygen atoms in total. The van der Waals surface area contributed by atoms with Crippen molar-refractivity contribution in [2.75, 3.05) is 0 Å². The molecule has 1 N–H and O–H groups in total. The molecule has 0 bridgehead atoms. The molecule has 0 atom stereocenters. The van der Waals surface area contributed by atoms with Crippen LogP contribution in [-0.4, -0.2) is 10.1 Å². The van der Waals surface area contributed by atoms with Crippen molar-refractivity contribution in [2.24, 2.45) is 0 Å². The second-order valence-corrected chi connectivity index (χ2v) is 5.46. The van der Waals surface area contributed by atoms with Gasteiger partial charge in [0.2, 0.25) is 0 Å². The highest BCUT2D eigenvalue weighted by Crippen LogP contribution is 2.33. The van der Waals surface area contributed by atoms with Gasteiger partial charge in [0.05, 0.1) is 22.7 Å². The van der Waals surface area contributed by atoms with E-state index < -0.39 is 11.7 Å². The third-order valence-corrected chi connectivity index (χ3v) is 4.00. The second kappa shape index (κ2) is 5.93. The number of aliphatic hydroxyl groups is 1. The highest BCUT2D eigenvalue weighted by Gasteiger charge is 2.30. The Balaban J connectivity index is 2.32. The van der Waals surface area contributed by atoms with Crippen LogP contribution in [0.25, 0.3) is 10.6 Å². The molecule has 2 rings (SSSR count). The Morgan fingerprint density at radius 1 is 1.20 bits per heavy atom. The summed E-state index contributed by atoms with van der Waals surface area (Å²) in [7, 11) is 0. The minimum atomic E-state index is -4.33. The highest BCUT2D eigenvalue weighted by molar-refractivity contribution is 7.15. The van der Waals surface area contributed by atoms with Crippen molar-refractivity contribution in [3.8, 4) is 10.6 Å². The van der Waals surface area contributed by atoms with Crippen molar-refractivity contribution < 1.29 is 18.3 Å². The van der Waals surface area contributed by atoms with Gasteiger partial charge in [0.1, 0.15) is 5.01 Å². The van der Waals surface area contributed by atoms with E-state index in [0.717, 1.165) is 35.5 Å². The minimum Gasteiger partial charge on any atom is -0.391 e. The Kier molecular flexibility index (Phi) is 4.45. The number of aromatic nitrogens is 1. The van der Waals surface area contributed by atoms with Gasteiger partial charge >= 0.3 is 6.18 Å². The summed E-state index contributed by atoms with van der Waals surface area (Å²) in [6, 6.07) is 4.93. The molecule has 0 aliphatic carbocycles. The Labute approximate surface area is 118 Å². The average Bonchev–Trinajstić information content (AvgIpc) is 2.81. The van der Waals surface area contributed by atoms with Gasteiger partial charge in [-0.3, -0.25) is 0 Å². The van der Waals surface area contributed by atoms with E-state index in [9.17, 15) is 18.3 Å². The fraction of sp³-hybridized carbons (Fsp3) is 0.357. The van der Waals surface area contributed by atoms with Crippen LogP contribution in [0.2, 0.25) is 0 Å². The number of halogens is 3. The van der Waals surface area contributed by atoms with Crippen LogP contribution in [-0.2, 0) is 19.2 Å². The van der Waals surface area contributed by atoms with Gasteiger partial charge in [0, 0.05) is 5.56 Å². The minimum absolute atomic E-state index is 0.0896. The van der Waals surface area contributed by atoms with Crippen molar-refractivity contribution in [1.82, 2.24) is 4.98 Å². The number of rotatable bonds is 4. The molecule has 1 aromatic heterocycles. The zero-order chi connectivity index (χ0) is 14.8. The number of benzene rings is 1. The van der Waals surface area contributed by atoms with E-state index in [1.807, 2.05) is 6.92 Å². The van der Waals surface area contributed by atoms with Gasteiger partial charge in [-0.2, -0.15) is 13.2 Å². The Bertz CT molecular complexity index is 575. The van der Waals surface area contributed by atoms with Crippen LogP contribution in [0.4, 0.5) is 13.2 Å². The number of thiazole rings is 1. The highest BCUT2D eigenvalue weighted by atomic mass is 32.1. The smallest absolute Gasteiger partial charge is 0.391 e. The molecule has 0 unspecified atom stereocenters. The van der Waals surface area contributed by atoms with Gasteiger partial charge in [0.15, 0.2) is 0 Å². The lowest BCUT2D eigenvalue weighted by Gasteiger charge is -2.06. The molecule has 0 aliphatic rings. The quantitative estimate of drug-likeness (QED) is 0.914. The van der Waals surface area contributed by atoms with E-state index in [0.29, 0.717) is 10.6 Å². The van der Waals surface area contributed by atoms with Crippen molar-refractivity contribution >= 4 is 11.3 Å². The van der Waals surface area contributed by atoms with Gasteiger partial charge in [-0.1, -0.05) is 25.5 Å². The van der Waals surface area contributed by atoms with Crippen molar-refractivity contribution in [1.29, 1.82) is 0 Å². The second-order valence-electron chi connectivity index (χ2n) is 4.37. The summed E-state index contributed by atoms with van der Waals surface area (Å²) in [5, 5.41) is 9.92. The van der Waals surface area contributed by atoms with Gasteiger partial charge in [-0.05, 0) is 18.6 Å². The van der Waals surface area contributed by atoms with E-state index in [1.165, 1.54) is 23.5 Å². The molecule has 6 heteroatoms. The first kappa shape index (κ1) is 15.0. The summed E-state index contributed by atoms with van der Waals surface area (Å²) in [5.41, 5.74) is 0.795. The van der Waals surface area contributed by atoms with Crippen LogP contribution in [0.3, 0.4) is 0 Å². The number of nitrogens with zero attached hydrogens (tertiary/aromatic N) is 1. The number of alkyl halides is 3. The molecule has 0 fully saturated rings. The maximum absolute atomic E-state index is 12.5. The van der Waals surface area contributed by atoms with Gasteiger partial charge in [0.25, 0.3) is 0 Å². The van der Waals surface area contributed by atoms with E-state index in [4.69, 9.17) is 0 Å². The Morgan fingerprint density at radius 2 is 1.85 bits per heavy atom. The number of hydrogen-bond donors (Lipinski definition) is 1. The predicted octanol–water partition coefficient (Wildman–Crippen LogP) is 4.27. The van der Waals surface area contributed by atoms with Gasteiger partial charge in [-0.15, -0.1) is 11.3 Å². The number of hydrogen-bond acceptors (Lipinski definition) is 3. The molecule has 1 heterocycles. The number of aliphatic hydroxyl groups excluding tert-OH is 1. The summed E-state index contributed by atoms with van der Waals surface area (Å²) in [4.78, 5) is 5.19. The Morgan fingerprint density at radius 3 is 2.35 bits per heavy atom. The molecular formula is C14H14F3NOS. The molecule has 1 aromatic carbocycles. The molecular weight excluding hydrogens is 287 g/mol. The van der Waals surface area contributed by atoms with E-state index in [1.54, 1.807) is 0 Å². The average molecular weight is 301 g/mol. The van der Waals surface area contributed by atoms with Crippen LogP contribution in [0.5, 0.6) is 0 Å². The maximum Gasteiger partial charge on any atom is 0.416 e. The van der Waals surface area contributed by atoms with Crippen LogP contribution < -0.4 is 0 Å². The largest absolute Gasteiger partial charge is 0.416 e. The topological polar surface area (TPSA) is 33.1 Å². The third kappa shape index (κ3) is 3.19. The third-order valence-electron chi connectivity index (χ3n) is 2.87. The van der Waals surface area contributed by atoms with Crippen molar-refractivity contribution in [3.63, 3.8) is 0 Å². The van der Waals surface area contributed by atoms with Crippen LogP contribution >= 0.6 is 11.3 Å². The molecule has 2 aromatic rings. The molecule has 0 radical (unpaired) electrons. The zero-order valence-corrected chi connectivity index (χ0v) is 11.7. The molecule has 0 saturated heterocycles. The molecule has 0 amide bonds. The normalized spacial score (nSPS) is 11.8. The monoisotopic (exact) mass is 301 g/mol. The molecule has 108 valence electrons. The Hall–Kier alpha value is -1.40. The molecule has 0 spiro atoms. The SMILES string of the molecule is CCCc1nc(-c2ccc(C(F)(F)F)cc2)sc1CO. The molecule has 0 saturated carbocycles. The summed E-state index contributed by atoms with van der Waals surface area (Å²) in [5.74, 6) is 0. The molecule has 0 aliphatic heterocycles. The first-order valence-electron chi connectivity index (χ1n) is 6.22. The lowest BCUT2D eigenvalue weighted by molar-refractivity contribution is -0.137. The summed E-state index contributed by atoms with van der Waals surface area (Å²) >= 11 is 1.32. The summed E-state index contributed by atoms with van der Waals surface area (Å²) in [6.07, 6.45) is -2.67. The first-order chi connectivity index (χ1) is 9.45. The van der Waals surface area contributed by atoms with Crippen LogP contribution in [0.15, 0.2) is 24.3 Å². The number of aryl methyl sites for hydroxylation is 1. The lowest BCUT2D eigenvalue weighted by Crippen LogP contribution is -2.03. The molecule has 20 heavy (non-hydrogen) atoms. The van der Waals surface area contributed by atoms with E-state index in [-0.39, 0.29) is 6.61 Å². The fourth-order valence-corrected chi connectivity index (χ4v) is 2.84.